The molecule has 0 radical (unpaired) electrons. The number of anilines is 1. The van der Waals surface area contributed by atoms with Crippen LogP contribution in [0.2, 0.25) is 0 Å². The van der Waals surface area contributed by atoms with Crippen molar-refractivity contribution in [1.82, 2.24) is 0 Å². The van der Waals surface area contributed by atoms with E-state index in [1.807, 2.05) is 0 Å². The second-order valence-electron chi connectivity index (χ2n) is 5.00. The normalized spacial score (nSPS) is 15.7. The van der Waals surface area contributed by atoms with Crippen molar-refractivity contribution in [3.05, 3.63) is 18.2 Å². The van der Waals surface area contributed by atoms with Crippen LogP contribution in [0.25, 0.3) is 0 Å². The van der Waals surface area contributed by atoms with Gasteiger partial charge in [0, 0.05) is 24.2 Å². The summed E-state index contributed by atoms with van der Waals surface area (Å²) in [5.74, 6) is 0.215. The molecule has 3 N–H and O–H groups in total. The number of hydrogen-bond donors (Lipinski definition) is 2. The second-order valence-corrected chi connectivity index (χ2v) is 5.00. The molecule has 1 amide bonds. The molecule has 116 valence electrons. The lowest BCUT2D eigenvalue weighted by molar-refractivity contribution is -0.116. The lowest BCUT2D eigenvalue weighted by atomic mass is 10.1. The van der Waals surface area contributed by atoms with Crippen molar-refractivity contribution in [2.75, 3.05) is 12.4 Å². The first-order chi connectivity index (χ1) is 9.99. The Balaban J connectivity index is 2.00. The van der Waals surface area contributed by atoms with Crippen LogP contribution in [0, 0.1) is 5.92 Å². The molecule has 0 spiro atoms. The van der Waals surface area contributed by atoms with E-state index >= 15 is 0 Å². The smallest absolute Gasteiger partial charge is 0.387 e. The highest BCUT2D eigenvalue weighted by Gasteiger charge is 2.29. The Morgan fingerprint density at radius 3 is 2.71 bits per heavy atom. The average molecular weight is 300 g/mol. The molecule has 0 bridgehead atoms. The van der Waals surface area contributed by atoms with Gasteiger partial charge in [0.05, 0.1) is 7.11 Å². The zero-order valence-corrected chi connectivity index (χ0v) is 11.6. The minimum absolute atomic E-state index is 0.128. The number of hydrogen-bond acceptors (Lipinski definition) is 4. The van der Waals surface area contributed by atoms with Gasteiger partial charge in [-0.3, -0.25) is 4.79 Å². The molecule has 1 aromatic carbocycles. The fraction of sp³-hybridized carbons (Fsp3) is 0.500. The molecule has 21 heavy (non-hydrogen) atoms. The van der Waals surface area contributed by atoms with Gasteiger partial charge in [-0.2, -0.15) is 8.78 Å². The number of amides is 1. The number of carbonyl (C=O) groups excluding carboxylic acids is 1. The van der Waals surface area contributed by atoms with Gasteiger partial charge in [0.1, 0.15) is 0 Å². The van der Waals surface area contributed by atoms with Crippen molar-refractivity contribution in [1.29, 1.82) is 0 Å². The van der Waals surface area contributed by atoms with Gasteiger partial charge in [0.25, 0.3) is 0 Å². The third kappa shape index (κ3) is 4.56. The van der Waals surface area contributed by atoms with Crippen LogP contribution in [-0.4, -0.2) is 25.7 Å². The quantitative estimate of drug-likeness (QED) is 0.810. The number of ether oxygens (including phenoxy) is 2. The first-order valence-corrected chi connectivity index (χ1v) is 6.68. The van der Waals surface area contributed by atoms with Crippen LogP contribution < -0.4 is 20.5 Å². The number of alkyl halides is 2. The average Bonchev–Trinajstić information content (AvgIpc) is 3.22. The summed E-state index contributed by atoms with van der Waals surface area (Å²) in [6, 6.07) is 4.15. The summed E-state index contributed by atoms with van der Waals surface area (Å²) < 4.78 is 33.9. The molecule has 1 aliphatic rings. The van der Waals surface area contributed by atoms with Gasteiger partial charge in [-0.05, 0) is 30.9 Å². The minimum atomic E-state index is -2.96. The molecular weight excluding hydrogens is 282 g/mol. The monoisotopic (exact) mass is 300 g/mol. The predicted molar refractivity (Wildman–Crippen MR) is 73.6 cm³/mol. The largest absolute Gasteiger partial charge is 0.493 e. The molecule has 0 heterocycles. The van der Waals surface area contributed by atoms with Gasteiger partial charge in [0.2, 0.25) is 5.91 Å². The fourth-order valence-electron chi connectivity index (χ4n) is 2.06. The van der Waals surface area contributed by atoms with Gasteiger partial charge < -0.3 is 20.5 Å². The molecular formula is C14H18F2N2O3. The highest BCUT2D eigenvalue weighted by molar-refractivity contribution is 5.91. The van der Waals surface area contributed by atoms with Crippen LogP contribution >= 0.6 is 0 Å². The molecule has 1 aliphatic carbocycles. The van der Waals surface area contributed by atoms with E-state index in [0.717, 1.165) is 12.8 Å². The Morgan fingerprint density at radius 1 is 1.43 bits per heavy atom. The summed E-state index contributed by atoms with van der Waals surface area (Å²) in [6.45, 7) is -2.96. The molecule has 0 aromatic heterocycles. The molecule has 1 aromatic rings. The van der Waals surface area contributed by atoms with Crippen LogP contribution in [-0.2, 0) is 4.79 Å². The van der Waals surface area contributed by atoms with Crippen LogP contribution in [0.1, 0.15) is 19.3 Å². The highest BCUT2D eigenvalue weighted by atomic mass is 19.3. The maximum Gasteiger partial charge on any atom is 0.387 e. The zero-order valence-electron chi connectivity index (χ0n) is 11.6. The van der Waals surface area contributed by atoms with Crippen molar-refractivity contribution in [3.63, 3.8) is 0 Å². The number of rotatable bonds is 7. The van der Waals surface area contributed by atoms with Crippen molar-refractivity contribution < 1.29 is 23.0 Å². The van der Waals surface area contributed by atoms with E-state index in [9.17, 15) is 13.6 Å². The Morgan fingerprint density at radius 2 is 2.14 bits per heavy atom. The molecule has 1 fully saturated rings. The van der Waals surface area contributed by atoms with Crippen molar-refractivity contribution >= 4 is 11.6 Å². The summed E-state index contributed by atoms with van der Waals surface area (Å²) in [5.41, 5.74) is 6.23. The Bertz CT molecular complexity index is 507. The van der Waals surface area contributed by atoms with Crippen LogP contribution in [0.5, 0.6) is 11.5 Å². The fourth-order valence-corrected chi connectivity index (χ4v) is 2.06. The van der Waals surface area contributed by atoms with Crippen LogP contribution in [0.4, 0.5) is 14.5 Å². The standard InChI is InChI=1S/C14H18F2N2O3/c1-20-11-5-4-9(6-12(11)21-14(15)16)18-13(19)7-10(17)8-2-3-8/h4-6,8,10,14H,2-3,7,17H2,1H3,(H,18,19). The highest BCUT2D eigenvalue weighted by Crippen LogP contribution is 2.33. The summed E-state index contributed by atoms with van der Waals surface area (Å²) >= 11 is 0. The number of carbonyl (C=O) groups is 1. The van der Waals surface area contributed by atoms with Crippen molar-refractivity contribution in [2.45, 2.75) is 31.9 Å². The lowest BCUT2D eigenvalue weighted by Gasteiger charge is -2.13. The molecule has 1 unspecified atom stereocenters. The molecule has 0 aliphatic heterocycles. The SMILES string of the molecule is COc1ccc(NC(=O)CC(N)C2CC2)cc1OC(F)F. The van der Waals surface area contributed by atoms with E-state index in [1.165, 1.54) is 19.2 Å². The molecule has 1 atom stereocenters. The number of nitrogens with two attached hydrogens (primary N) is 1. The summed E-state index contributed by atoms with van der Waals surface area (Å²) in [7, 11) is 1.35. The first kappa shape index (κ1) is 15.5. The van der Waals surface area contributed by atoms with E-state index in [-0.39, 0.29) is 29.9 Å². The first-order valence-electron chi connectivity index (χ1n) is 6.68. The number of benzene rings is 1. The van der Waals surface area contributed by atoms with Crippen LogP contribution in [0.15, 0.2) is 18.2 Å². The minimum Gasteiger partial charge on any atom is -0.493 e. The Kier molecular flexibility index (Phi) is 4.95. The molecule has 7 heteroatoms. The second kappa shape index (κ2) is 6.71. The Hall–Kier alpha value is -1.89. The summed E-state index contributed by atoms with van der Waals surface area (Å²) in [5, 5.41) is 2.62. The van der Waals surface area contributed by atoms with Gasteiger partial charge in [-0.15, -0.1) is 0 Å². The molecule has 5 nitrogen and oxygen atoms in total. The third-order valence-electron chi connectivity index (χ3n) is 3.31. The predicted octanol–water partition coefficient (Wildman–Crippen LogP) is 2.36. The van der Waals surface area contributed by atoms with Crippen molar-refractivity contribution in [3.8, 4) is 11.5 Å². The van der Waals surface area contributed by atoms with E-state index in [0.29, 0.717) is 11.6 Å². The Labute approximate surface area is 121 Å². The molecule has 2 rings (SSSR count). The van der Waals surface area contributed by atoms with Crippen molar-refractivity contribution in [2.24, 2.45) is 11.7 Å². The maximum absolute atomic E-state index is 12.3. The number of methoxy groups -OCH3 is 1. The summed E-state index contributed by atoms with van der Waals surface area (Å²) in [4.78, 5) is 11.8. The van der Waals surface area contributed by atoms with E-state index in [4.69, 9.17) is 10.5 Å². The molecule has 1 saturated carbocycles. The zero-order chi connectivity index (χ0) is 15.4. The third-order valence-corrected chi connectivity index (χ3v) is 3.31. The van der Waals surface area contributed by atoms with E-state index < -0.39 is 6.61 Å². The van der Waals surface area contributed by atoms with Gasteiger partial charge in [-0.1, -0.05) is 0 Å². The molecule has 0 saturated heterocycles. The summed E-state index contributed by atoms with van der Waals surface area (Å²) in [6.07, 6.45) is 2.33. The van der Waals surface area contributed by atoms with Gasteiger partial charge in [-0.25, -0.2) is 0 Å². The van der Waals surface area contributed by atoms with E-state index in [1.54, 1.807) is 6.07 Å². The van der Waals surface area contributed by atoms with Gasteiger partial charge in [0.15, 0.2) is 11.5 Å². The topological polar surface area (TPSA) is 73.6 Å². The lowest BCUT2D eigenvalue weighted by Crippen LogP contribution is -2.28. The van der Waals surface area contributed by atoms with Gasteiger partial charge >= 0.3 is 6.61 Å². The van der Waals surface area contributed by atoms with E-state index in [2.05, 4.69) is 10.1 Å². The van der Waals surface area contributed by atoms with Crippen LogP contribution in [0.3, 0.4) is 0 Å². The number of nitrogens with one attached hydrogen (secondary N) is 1. The maximum atomic E-state index is 12.3. The number of halogens is 2.